The van der Waals surface area contributed by atoms with Gasteiger partial charge in [0.05, 0.1) is 0 Å². The maximum atomic E-state index is 13.0. The van der Waals surface area contributed by atoms with E-state index in [2.05, 4.69) is 17.4 Å². The lowest BCUT2D eigenvalue weighted by atomic mass is 9.98. The molecule has 1 fully saturated rings. The molecule has 7 heteroatoms. The smallest absolute Gasteiger partial charge is 0.407 e. The van der Waals surface area contributed by atoms with E-state index in [9.17, 15) is 19.5 Å². The summed E-state index contributed by atoms with van der Waals surface area (Å²) >= 11 is 0. The van der Waals surface area contributed by atoms with Gasteiger partial charge in [0.25, 0.3) is 0 Å². The van der Waals surface area contributed by atoms with Gasteiger partial charge in [-0.2, -0.15) is 0 Å². The highest BCUT2D eigenvalue weighted by Gasteiger charge is 2.39. The summed E-state index contributed by atoms with van der Waals surface area (Å²) in [6.07, 6.45) is 0.389. The van der Waals surface area contributed by atoms with E-state index < -0.39 is 24.1 Å². The minimum atomic E-state index is -1.01. The van der Waals surface area contributed by atoms with Crippen molar-refractivity contribution in [1.82, 2.24) is 10.2 Å². The third-order valence-electron chi connectivity index (χ3n) is 6.37. The fourth-order valence-electron chi connectivity index (χ4n) is 4.75. The Hall–Kier alpha value is -3.35. The number of carbonyl (C=O) groups is 3. The molecule has 1 heterocycles. The van der Waals surface area contributed by atoms with Crippen LogP contribution in [-0.2, 0) is 14.3 Å². The number of aliphatic carboxylic acids is 1. The van der Waals surface area contributed by atoms with Crippen molar-refractivity contribution in [3.05, 3.63) is 59.7 Å². The molecular formula is C25H28N2O5. The van der Waals surface area contributed by atoms with Crippen LogP contribution in [0, 0.1) is 5.92 Å². The molecule has 0 aromatic heterocycles. The molecule has 4 rings (SSSR count). The Morgan fingerprint density at radius 1 is 1.06 bits per heavy atom. The van der Waals surface area contributed by atoms with Gasteiger partial charge in [0.1, 0.15) is 18.7 Å². The molecule has 168 valence electrons. The summed E-state index contributed by atoms with van der Waals surface area (Å²) in [7, 11) is 0. The number of nitrogens with one attached hydrogen (secondary N) is 1. The predicted molar refractivity (Wildman–Crippen MR) is 119 cm³/mol. The molecule has 1 aliphatic carbocycles. The summed E-state index contributed by atoms with van der Waals surface area (Å²) in [6.45, 7) is 4.17. The number of alkyl carbamates (subject to hydrolysis) is 1. The first kappa shape index (κ1) is 21.9. The van der Waals surface area contributed by atoms with Gasteiger partial charge in [0, 0.05) is 12.5 Å². The van der Waals surface area contributed by atoms with Crippen LogP contribution in [0.25, 0.3) is 11.1 Å². The molecule has 0 radical (unpaired) electrons. The number of hydrogen-bond acceptors (Lipinski definition) is 4. The Labute approximate surface area is 187 Å². The van der Waals surface area contributed by atoms with Gasteiger partial charge in [-0.25, -0.2) is 9.59 Å². The van der Waals surface area contributed by atoms with Crippen LogP contribution in [-0.4, -0.2) is 53.2 Å². The highest BCUT2D eigenvalue weighted by molar-refractivity contribution is 5.90. The number of carboxylic acid groups (broad SMARTS) is 1. The molecule has 2 N–H and O–H groups in total. The molecule has 2 atom stereocenters. The van der Waals surface area contributed by atoms with E-state index in [4.69, 9.17) is 4.74 Å². The first-order valence-electron chi connectivity index (χ1n) is 11.0. The Balaban J connectivity index is 1.44. The van der Waals surface area contributed by atoms with E-state index in [0.29, 0.717) is 19.4 Å². The maximum Gasteiger partial charge on any atom is 0.407 e. The van der Waals surface area contributed by atoms with E-state index in [1.807, 2.05) is 50.2 Å². The highest BCUT2D eigenvalue weighted by Crippen LogP contribution is 2.44. The molecule has 0 spiro atoms. The second-order valence-corrected chi connectivity index (χ2v) is 8.72. The van der Waals surface area contributed by atoms with Gasteiger partial charge < -0.3 is 20.1 Å². The molecule has 2 aromatic carbocycles. The molecule has 32 heavy (non-hydrogen) atoms. The van der Waals surface area contributed by atoms with E-state index in [-0.39, 0.29) is 24.3 Å². The Morgan fingerprint density at radius 2 is 1.66 bits per heavy atom. The second-order valence-electron chi connectivity index (χ2n) is 8.72. The lowest BCUT2D eigenvalue weighted by molar-refractivity contribution is -0.149. The van der Waals surface area contributed by atoms with E-state index in [1.165, 1.54) is 4.90 Å². The van der Waals surface area contributed by atoms with E-state index in [0.717, 1.165) is 22.3 Å². The molecule has 2 amide bonds. The first-order valence-corrected chi connectivity index (χ1v) is 11.0. The average Bonchev–Trinajstić information content (AvgIpc) is 3.39. The van der Waals surface area contributed by atoms with Crippen LogP contribution in [0.15, 0.2) is 48.5 Å². The maximum absolute atomic E-state index is 13.0. The average molecular weight is 437 g/mol. The summed E-state index contributed by atoms with van der Waals surface area (Å²) in [5.74, 6) is -1.67. The minimum Gasteiger partial charge on any atom is -0.480 e. The number of hydrogen-bond donors (Lipinski definition) is 2. The molecule has 1 saturated heterocycles. The number of ether oxygens (including phenoxy) is 1. The molecule has 2 aliphatic rings. The molecule has 2 aromatic rings. The van der Waals surface area contributed by atoms with Gasteiger partial charge in [-0.15, -0.1) is 0 Å². The zero-order valence-electron chi connectivity index (χ0n) is 18.3. The topological polar surface area (TPSA) is 95.9 Å². The van der Waals surface area contributed by atoms with Gasteiger partial charge >= 0.3 is 12.1 Å². The Kier molecular flexibility index (Phi) is 6.17. The van der Waals surface area contributed by atoms with Gasteiger partial charge in [0.2, 0.25) is 5.91 Å². The number of amides is 2. The predicted octanol–water partition coefficient (Wildman–Crippen LogP) is 3.63. The Morgan fingerprint density at radius 3 is 2.22 bits per heavy atom. The second kappa shape index (κ2) is 9.02. The van der Waals surface area contributed by atoms with Crippen LogP contribution in [0.5, 0.6) is 0 Å². The molecule has 0 saturated carbocycles. The standard InChI is InChI=1S/C25H28N2O5/c1-15(2)22(23(28)27-13-7-12-21(27)24(29)30)26-25(31)32-14-20-18-10-5-3-8-16(18)17-9-4-6-11-19(17)20/h3-6,8-11,15,20-22H,7,12-14H2,1-2H3,(H,26,31)(H,29,30)/t21-,22+/m0/s1. The molecule has 0 bridgehead atoms. The number of fused-ring (bicyclic) bond motifs is 3. The van der Waals surface area contributed by atoms with Crippen molar-refractivity contribution in [3.63, 3.8) is 0 Å². The molecule has 1 aliphatic heterocycles. The van der Waals surface area contributed by atoms with Crippen molar-refractivity contribution in [1.29, 1.82) is 0 Å². The van der Waals surface area contributed by atoms with Crippen molar-refractivity contribution < 1.29 is 24.2 Å². The van der Waals surface area contributed by atoms with Crippen LogP contribution in [0.1, 0.15) is 43.7 Å². The van der Waals surface area contributed by atoms with Gasteiger partial charge in [-0.3, -0.25) is 4.79 Å². The van der Waals surface area contributed by atoms with Crippen LogP contribution in [0.4, 0.5) is 4.79 Å². The zero-order valence-corrected chi connectivity index (χ0v) is 18.3. The van der Waals surface area contributed by atoms with Crippen molar-refractivity contribution in [2.45, 2.75) is 44.7 Å². The summed E-state index contributed by atoms with van der Waals surface area (Å²) in [4.78, 5) is 38.5. The summed E-state index contributed by atoms with van der Waals surface area (Å²) in [5.41, 5.74) is 4.50. The largest absolute Gasteiger partial charge is 0.480 e. The lowest BCUT2D eigenvalue weighted by Crippen LogP contribution is -2.53. The van der Waals surface area contributed by atoms with Crippen molar-refractivity contribution in [2.24, 2.45) is 5.92 Å². The molecular weight excluding hydrogens is 408 g/mol. The number of carboxylic acids is 1. The van der Waals surface area contributed by atoms with Crippen LogP contribution >= 0.6 is 0 Å². The SMILES string of the molecule is CC(C)[C@@H](NC(=O)OCC1c2ccccc2-c2ccccc21)C(=O)N1CCC[C@H]1C(=O)O. The van der Waals surface area contributed by atoms with Gasteiger partial charge in [0.15, 0.2) is 0 Å². The fourth-order valence-corrected chi connectivity index (χ4v) is 4.75. The molecule has 7 nitrogen and oxygen atoms in total. The quantitative estimate of drug-likeness (QED) is 0.721. The Bertz CT molecular complexity index is 989. The number of rotatable bonds is 6. The summed E-state index contributed by atoms with van der Waals surface area (Å²) in [5, 5.41) is 12.1. The normalized spacial score (nSPS) is 18.2. The van der Waals surface area contributed by atoms with E-state index >= 15 is 0 Å². The fraction of sp³-hybridized carbons (Fsp3) is 0.400. The number of nitrogens with zero attached hydrogens (tertiary/aromatic N) is 1. The molecule has 0 unspecified atom stereocenters. The summed E-state index contributed by atoms with van der Waals surface area (Å²) < 4.78 is 5.57. The van der Waals surface area contributed by atoms with Crippen molar-refractivity contribution >= 4 is 18.0 Å². The third kappa shape index (κ3) is 4.07. The summed E-state index contributed by atoms with van der Waals surface area (Å²) in [6, 6.07) is 14.5. The first-order chi connectivity index (χ1) is 15.4. The van der Waals surface area contributed by atoms with Crippen LogP contribution < -0.4 is 5.32 Å². The number of likely N-dealkylation sites (tertiary alicyclic amines) is 1. The minimum absolute atomic E-state index is 0.0728. The lowest BCUT2D eigenvalue weighted by Gasteiger charge is -2.29. The third-order valence-corrected chi connectivity index (χ3v) is 6.37. The van der Waals surface area contributed by atoms with Crippen LogP contribution in [0.2, 0.25) is 0 Å². The van der Waals surface area contributed by atoms with E-state index in [1.54, 1.807) is 0 Å². The number of carbonyl (C=O) groups excluding carboxylic acids is 2. The number of benzene rings is 2. The van der Waals surface area contributed by atoms with Crippen molar-refractivity contribution in [2.75, 3.05) is 13.2 Å². The highest BCUT2D eigenvalue weighted by atomic mass is 16.5. The van der Waals surface area contributed by atoms with Crippen molar-refractivity contribution in [3.8, 4) is 11.1 Å². The van der Waals surface area contributed by atoms with Crippen LogP contribution in [0.3, 0.4) is 0 Å². The van der Waals surface area contributed by atoms with Gasteiger partial charge in [-0.05, 0) is 41.0 Å². The van der Waals surface area contributed by atoms with Gasteiger partial charge in [-0.1, -0.05) is 62.4 Å². The zero-order chi connectivity index (χ0) is 22.8. The monoisotopic (exact) mass is 436 g/mol.